The molecule has 3 aromatic rings. The van der Waals surface area contributed by atoms with Crippen molar-refractivity contribution in [2.75, 3.05) is 5.73 Å². The summed E-state index contributed by atoms with van der Waals surface area (Å²) in [4.78, 5) is 9.65. The number of nitrogens with two attached hydrogens (primary N) is 1. The normalized spacial score (nSPS) is 11.0. The largest absolute Gasteiger partial charge is 0.486 e. The van der Waals surface area contributed by atoms with E-state index in [1.165, 1.54) is 0 Å². The Morgan fingerprint density at radius 1 is 1.24 bits per heavy atom. The van der Waals surface area contributed by atoms with Gasteiger partial charge in [-0.2, -0.15) is 0 Å². The number of thiophene rings is 1. The van der Waals surface area contributed by atoms with E-state index < -0.39 is 0 Å². The first-order valence-corrected chi connectivity index (χ1v) is 8.11. The van der Waals surface area contributed by atoms with Gasteiger partial charge in [-0.1, -0.05) is 15.9 Å². The van der Waals surface area contributed by atoms with Crippen molar-refractivity contribution in [1.82, 2.24) is 9.97 Å². The fourth-order valence-corrected chi connectivity index (χ4v) is 3.15. The Balaban J connectivity index is 1.83. The van der Waals surface area contributed by atoms with Gasteiger partial charge in [-0.25, -0.2) is 9.97 Å². The smallest absolute Gasteiger partial charge is 0.169 e. The lowest BCUT2D eigenvalue weighted by molar-refractivity contribution is 0.296. The maximum atomic E-state index is 5.93. The molecule has 2 aromatic heterocycles. The monoisotopic (exact) mass is 363 g/mol. The first-order chi connectivity index (χ1) is 10.0. The van der Waals surface area contributed by atoms with Crippen molar-refractivity contribution >= 4 is 43.3 Å². The van der Waals surface area contributed by atoms with E-state index in [9.17, 15) is 0 Å². The van der Waals surface area contributed by atoms with Crippen LogP contribution >= 0.6 is 27.3 Å². The third-order valence-electron chi connectivity index (χ3n) is 3.18. The van der Waals surface area contributed by atoms with E-state index in [1.54, 1.807) is 11.3 Å². The lowest BCUT2D eigenvalue weighted by Gasteiger charge is -2.10. The average molecular weight is 364 g/mol. The van der Waals surface area contributed by atoms with Gasteiger partial charge in [-0.3, -0.25) is 0 Å². The van der Waals surface area contributed by atoms with Crippen molar-refractivity contribution in [3.8, 4) is 5.75 Å². The summed E-state index contributed by atoms with van der Waals surface area (Å²) < 4.78 is 6.90. The van der Waals surface area contributed by atoms with Crippen LogP contribution in [-0.4, -0.2) is 9.97 Å². The molecule has 0 amide bonds. The number of hydrogen-bond acceptors (Lipinski definition) is 5. The summed E-state index contributed by atoms with van der Waals surface area (Å²) in [6, 6.07) is 5.91. The van der Waals surface area contributed by atoms with Gasteiger partial charge >= 0.3 is 0 Å². The highest BCUT2D eigenvalue weighted by molar-refractivity contribution is 9.10. The average Bonchev–Trinajstić information content (AvgIpc) is 2.91. The molecule has 21 heavy (non-hydrogen) atoms. The van der Waals surface area contributed by atoms with Gasteiger partial charge < -0.3 is 10.5 Å². The van der Waals surface area contributed by atoms with Gasteiger partial charge in [0.2, 0.25) is 0 Å². The molecule has 0 aliphatic heterocycles. The number of fused-ring (bicyclic) bond motifs is 1. The molecular formula is C15H14BrN3OS. The Morgan fingerprint density at radius 3 is 2.67 bits per heavy atom. The van der Waals surface area contributed by atoms with Gasteiger partial charge in [-0.15, -0.1) is 11.3 Å². The van der Waals surface area contributed by atoms with Gasteiger partial charge in [-0.05, 0) is 48.6 Å². The van der Waals surface area contributed by atoms with E-state index in [0.29, 0.717) is 18.2 Å². The van der Waals surface area contributed by atoms with Crippen molar-refractivity contribution in [3.63, 3.8) is 0 Å². The van der Waals surface area contributed by atoms with Crippen LogP contribution < -0.4 is 10.5 Å². The van der Waals surface area contributed by atoms with E-state index in [-0.39, 0.29) is 0 Å². The Bertz CT molecular complexity index is 793. The molecule has 0 radical (unpaired) electrons. The van der Waals surface area contributed by atoms with Crippen LogP contribution in [0.3, 0.4) is 0 Å². The van der Waals surface area contributed by atoms with Crippen LogP contribution in [-0.2, 0) is 6.61 Å². The maximum absolute atomic E-state index is 5.93. The molecule has 1 aromatic carbocycles. The van der Waals surface area contributed by atoms with E-state index in [1.807, 2.05) is 37.4 Å². The fourth-order valence-electron chi connectivity index (χ4n) is 2.13. The van der Waals surface area contributed by atoms with Crippen LogP contribution in [0, 0.1) is 13.8 Å². The maximum Gasteiger partial charge on any atom is 0.169 e. The number of benzene rings is 1. The number of aromatic nitrogens is 2. The second-order valence-corrected chi connectivity index (χ2v) is 6.51. The Kier molecular flexibility index (Phi) is 3.82. The SMILES string of the molecule is Cc1cc(OCc2nc(N)c3ccsc3n2)cc(C)c1Br. The number of rotatable bonds is 3. The molecule has 108 valence electrons. The lowest BCUT2D eigenvalue weighted by atomic mass is 10.1. The molecular weight excluding hydrogens is 350 g/mol. The molecule has 0 atom stereocenters. The summed E-state index contributed by atoms with van der Waals surface area (Å²) in [7, 11) is 0. The van der Waals surface area contributed by atoms with Crippen LogP contribution in [0.4, 0.5) is 5.82 Å². The van der Waals surface area contributed by atoms with Crippen molar-refractivity contribution in [3.05, 3.63) is 45.0 Å². The third kappa shape index (κ3) is 2.87. The highest BCUT2D eigenvalue weighted by Crippen LogP contribution is 2.27. The van der Waals surface area contributed by atoms with Gasteiger partial charge in [0.05, 0.1) is 5.39 Å². The molecule has 2 N–H and O–H groups in total. The molecule has 6 heteroatoms. The van der Waals surface area contributed by atoms with Crippen LogP contribution in [0.25, 0.3) is 10.2 Å². The zero-order chi connectivity index (χ0) is 15.0. The summed E-state index contributed by atoms with van der Waals surface area (Å²) >= 11 is 5.10. The standard InChI is InChI=1S/C15H14BrN3OS/c1-8-5-10(6-9(2)13(8)16)20-7-12-18-14(17)11-3-4-21-15(11)19-12/h3-6H,7H2,1-2H3,(H2,17,18,19). The molecule has 3 rings (SSSR count). The molecule has 0 fully saturated rings. The molecule has 0 saturated heterocycles. The lowest BCUT2D eigenvalue weighted by Crippen LogP contribution is -2.04. The zero-order valence-electron chi connectivity index (χ0n) is 11.7. The second kappa shape index (κ2) is 5.61. The van der Waals surface area contributed by atoms with Crippen LogP contribution in [0.15, 0.2) is 28.1 Å². The molecule has 4 nitrogen and oxygen atoms in total. The quantitative estimate of drug-likeness (QED) is 0.756. The van der Waals surface area contributed by atoms with Crippen LogP contribution in [0.5, 0.6) is 5.75 Å². The zero-order valence-corrected chi connectivity index (χ0v) is 14.1. The number of nitrogens with zero attached hydrogens (tertiary/aromatic N) is 2. The predicted octanol–water partition coefficient (Wildman–Crippen LogP) is 4.23. The minimum atomic E-state index is 0.304. The van der Waals surface area contributed by atoms with E-state index in [2.05, 4.69) is 25.9 Å². The van der Waals surface area contributed by atoms with Gasteiger partial charge in [0.1, 0.15) is 23.0 Å². The Morgan fingerprint density at radius 2 is 1.95 bits per heavy atom. The topological polar surface area (TPSA) is 61.0 Å². The number of hydrogen-bond donors (Lipinski definition) is 1. The highest BCUT2D eigenvalue weighted by atomic mass is 79.9. The van der Waals surface area contributed by atoms with Gasteiger partial charge in [0, 0.05) is 4.47 Å². The second-order valence-electron chi connectivity index (χ2n) is 4.82. The molecule has 0 aliphatic carbocycles. The van der Waals surface area contributed by atoms with Crippen LogP contribution in [0.1, 0.15) is 17.0 Å². The van der Waals surface area contributed by atoms with E-state index in [0.717, 1.165) is 31.6 Å². The molecule has 0 spiro atoms. The fraction of sp³-hybridized carbons (Fsp3) is 0.200. The minimum absolute atomic E-state index is 0.304. The Labute approximate surface area is 135 Å². The Hall–Kier alpha value is -1.66. The third-order valence-corrected chi connectivity index (χ3v) is 5.24. The number of ether oxygens (including phenoxy) is 1. The summed E-state index contributed by atoms with van der Waals surface area (Å²) in [5.41, 5.74) is 8.21. The summed E-state index contributed by atoms with van der Waals surface area (Å²) in [5.74, 6) is 1.91. The number of halogens is 1. The summed E-state index contributed by atoms with van der Waals surface area (Å²) in [6.45, 7) is 4.38. The number of nitrogen functional groups attached to an aromatic ring is 1. The minimum Gasteiger partial charge on any atom is -0.486 e. The number of aryl methyl sites for hydroxylation is 2. The first kappa shape index (κ1) is 14.3. The highest BCUT2D eigenvalue weighted by Gasteiger charge is 2.08. The van der Waals surface area contributed by atoms with Gasteiger partial charge in [0.15, 0.2) is 5.82 Å². The van der Waals surface area contributed by atoms with E-state index >= 15 is 0 Å². The van der Waals surface area contributed by atoms with Crippen molar-refractivity contribution < 1.29 is 4.74 Å². The summed E-state index contributed by atoms with van der Waals surface area (Å²) in [6.07, 6.45) is 0. The van der Waals surface area contributed by atoms with Crippen molar-refractivity contribution in [2.24, 2.45) is 0 Å². The van der Waals surface area contributed by atoms with E-state index in [4.69, 9.17) is 10.5 Å². The molecule has 0 aliphatic rings. The van der Waals surface area contributed by atoms with Crippen molar-refractivity contribution in [2.45, 2.75) is 20.5 Å². The predicted molar refractivity (Wildman–Crippen MR) is 89.8 cm³/mol. The molecule has 2 heterocycles. The summed E-state index contributed by atoms with van der Waals surface area (Å²) in [5, 5.41) is 2.86. The van der Waals surface area contributed by atoms with Gasteiger partial charge in [0.25, 0.3) is 0 Å². The van der Waals surface area contributed by atoms with Crippen LogP contribution in [0.2, 0.25) is 0 Å². The molecule has 0 unspecified atom stereocenters. The number of anilines is 1. The molecule has 0 bridgehead atoms. The first-order valence-electron chi connectivity index (χ1n) is 6.43. The van der Waals surface area contributed by atoms with Crippen molar-refractivity contribution in [1.29, 1.82) is 0 Å². The molecule has 0 saturated carbocycles.